The fourth-order valence-electron chi connectivity index (χ4n) is 2.21. The summed E-state index contributed by atoms with van der Waals surface area (Å²) in [5, 5.41) is 8.66. The zero-order chi connectivity index (χ0) is 18.2. The van der Waals surface area contributed by atoms with Gasteiger partial charge in [0, 0.05) is 5.56 Å². The molecule has 0 unspecified atom stereocenters. The van der Waals surface area contributed by atoms with Gasteiger partial charge in [-0.1, -0.05) is 37.3 Å². The molecule has 0 spiro atoms. The predicted octanol–water partition coefficient (Wildman–Crippen LogP) is 3.62. The van der Waals surface area contributed by atoms with Crippen LogP contribution in [0.3, 0.4) is 0 Å². The number of carboxylic acid groups (broad SMARTS) is 1. The summed E-state index contributed by atoms with van der Waals surface area (Å²) in [5.74, 6) is -0.671. The summed E-state index contributed by atoms with van der Waals surface area (Å²) in [6.45, 7) is 1.61. The maximum atomic E-state index is 12.3. The standard InChI is InChI=1S/C20H20O5/c1-3-14-4-6-15(7-5-14)8-10-17(21)16-9-11-18(19(12-16)24-2)25-13-20(22)23/h4-12H,3,13H2,1-2H3,(H,22,23)/b10-8+. The van der Waals surface area contributed by atoms with Crippen molar-refractivity contribution in [2.45, 2.75) is 13.3 Å². The molecule has 0 atom stereocenters. The number of carboxylic acids is 1. The van der Waals surface area contributed by atoms with E-state index >= 15 is 0 Å². The zero-order valence-corrected chi connectivity index (χ0v) is 14.2. The number of hydrogen-bond donors (Lipinski definition) is 1. The Labute approximate surface area is 146 Å². The molecule has 2 aromatic rings. The first kappa shape index (κ1) is 18.3. The van der Waals surface area contributed by atoms with Crippen LogP contribution in [0, 0.1) is 0 Å². The Morgan fingerprint density at radius 2 is 1.80 bits per heavy atom. The largest absolute Gasteiger partial charge is 0.493 e. The molecule has 0 aliphatic carbocycles. The maximum Gasteiger partial charge on any atom is 0.341 e. The number of ether oxygens (including phenoxy) is 2. The highest BCUT2D eigenvalue weighted by atomic mass is 16.5. The molecule has 2 aromatic carbocycles. The molecule has 0 heterocycles. The van der Waals surface area contributed by atoms with E-state index in [0.717, 1.165) is 12.0 Å². The normalized spacial score (nSPS) is 10.6. The van der Waals surface area contributed by atoms with Crippen LogP contribution in [0.5, 0.6) is 11.5 Å². The minimum atomic E-state index is -1.08. The Morgan fingerprint density at radius 3 is 2.40 bits per heavy atom. The van der Waals surface area contributed by atoms with E-state index in [-0.39, 0.29) is 11.5 Å². The summed E-state index contributed by atoms with van der Waals surface area (Å²) >= 11 is 0. The van der Waals surface area contributed by atoms with E-state index in [9.17, 15) is 9.59 Å². The number of hydrogen-bond acceptors (Lipinski definition) is 4. The van der Waals surface area contributed by atoms with Gasteiger partial charge in [-0.05, 0) is 41.8 Å². The first-order chi connectivity index (χ1) is 12.0. The van der Waals surface area contributed by atoms with Crippen LogP contribution in [-0.4, -0.2) is 30.6 Å². The van der Waals surface area contributed by atoms with Gasteiger partial charge in [0.25, 0.3) is 0 Å². The van der Waals surface area contributed by atoms with E-state index in [1.807, 2.05) is 24.3 Å². The monoisotopic (exact) mass is 340 g/mol. The highest BCUT2D eigenvalue weighted by Gasteiger charge is 2.10. The van der Waals surface area contributed by atoms with Crippen LogP contribution in [0.15, 0.2) is 48.5 Å². The molecule has 25 heavy (non-hydrogen) atoms. The molecule has 130 valence electrons. The quantitative estimate of drug-likeness (QED) is 0.587. The van der Waals surface area contributed by atoms with Crippen molar-refractivity contribution in [1.29, 1.82) is 0 Å². The molecular weight excluding hydrogens is 320 g/mol. The van der Waals surface area contributed by atoms with E-state index in [0.29, 0.717) is 11.3 Å². The van der Waals surface area contributed by atoms with Gasteiger partial charge >= 0.3 is 5.97 Å². The Bertz CT molecular complexity index is 775. The molecule has 0 saturated heterocycles. The second-order valence-electron chi connectivity index (χ2n) is 5.34. The number of allylic oxidation sites excluding steroid dienone is 1. The molecule has 0 amide bonds. The lowest BCUT2D eigenvalue weighted by molar-refractivity contribution is -0.139. The third-order valence-electron chi connectivity index (χ3n) is 3.61. The summed E-state index contributed by atoms with van der Waals surface area (Å²) < 4.78 is 10.3. The molecule has 0 aromatic heterocycles. The molecular formula is C20H20O5. The second-order valence-corrected chi connectivity index (χ2v) is 5.34. The number of benzene rings is 2. The summed E-state index contributed by atoms with van der Waals surface area (Å²) in [5.41, 5.74) is 2.62. The van der Waals surface area contributed by atoms with Crippen molar-refractivity contribution >= 4 is 17.8 Å². The van der Waals surface area contributed by atoms with Crippen LogP contribution in [-0.2, 0) is 11.2 Å². The van der Waals surface area contributed by atoms with Gasteiger partial charge in [0.2, 0.25) is 0 Å². The highest BCUT2D eigenvalue weighted by Crippen LogP contribution is 2.28. The highest BCUT2D eigenvalue weighted by molar-refractivity contribution is 6.07. The number of carbonyl (C=O) groups is 2. The van der Waals surface area contributed by atoms with Crippen LogP contribution < -0.4 is 9.47 Å². The molecule has 0 aliphatic rings. The Hall–Kier alpha value is -3.08. The van der Waals surface area contributed by atoms with Crippen molar-refractivity contribution in [3.05, 3.63) is 65.2 Å². The molecule has 0 bridgehead atoms. The molecule has 0 fully saturated rings. The van der Waals surface area contributed by atoms with Crippen LogP contribution in [0.4, 0.5) is 0 Å². The SMILES string of the molecule is CCc1ccc(/C=C/C(=O)c2ccc(OCC(=O)O)c(OC)c2)cc1. The fourth-order valence-corrected chi connectivity index (χ4v) is 2.21. The van der Waals surface area contributed by atoms with Gasteiger partial charge in [-0.3, -0.25) is 4.79 Å². The number of rotatable bonds is 8. The molecule has 2 rings (SSSR count). The van der Waals surface area contributed by atoms with Crippen molar-refractivity contribution in [2.75, 3.05) is 13.7 Å². The van der Waals surface area contributed by atoms with Gasteiger partial charge < -0.3 is 14.6 Å². The Balaban J connectivity index is 2.12. The lowest BCUT2D eigenvalue weighted by atomic mass is 10.1. The van der Waals surface area contributed by atoms with Gasteiger partial charge in [-0.15, -0.1) is 0 Å². The number of ketones is 1. The second kappa shape index (κ2) is 8.68. The third-order valence-corrected chi connectivity index (χ3v) is 3.61. The number of aliphatic carboxylic acids is 1. The summed E-state index contributed by atoms with van der Waals surface area (Å²) in [6.07, 6.45) is 4.22. The first-order valence-electron chi connectivity index (χ1n) is 7.87. The topological polar surface area (TPSA) is 72.8 Å². The predicted molar refractivity (Wildman–Crippen MR) is 95.3 cm³/mol. The summed E-state index contributed by atoms with van der Waals surface area (Å²) in [6, 6.07) is 12.6. The van der Waals surface area contributed by atoms with Crippen molar-refractivity contribution in [1.82, 2.24) is 0 Å². The van der Waals surface area contributed by atoms with E-state index in [1.54, 1.807) is 12.1 Å². The van der Waals surface area contributed by atoms with E-state index in [1.165, 1.54) is 30.9 Å². The average molecular weight is 340 g/mol. The van der Waals surface area contributed by atoms with Gasteiger partial charge in [-0.2, -0.15) is 0 Å². The van der Waals surface area contributed by atoms with Crippen molar-refractivity contribution < 1.29 is 24.2 Å². The molecule has 1 N–H and O–H groups in total. The molecule has 0 radical (unpaired) electrons. The number of aryl methyl sites for hydroxylation is 1. The molecule has 0 saturated carbocycles. The van der Waals surface area contributed by atoms with Gasteiger partial charge in [0.05, 0.1) is 7.11 Å². The first-order valence-corrected chi connectivity index (χ1v) is 7.87. The summed E-state index contributed by atoms with van der Waals surface area (Å²) in [7, 11) is 1.43. The third kappa shape index (κ3) is 5.21. The summed E-state index contributed by atoms with van der Waals surface area (Å²) in [4.78, 5) is 22.9. The Morgan fingerprint density at radius 1 is 1.08 bits per heavy atom. The Kier molecular flexibility index (Phi) is 6.34. The fraction of sp³-hybridized carbons (Fsp3) is 0.200. The van der Waals surface area contributed by atoms with Crippen molar-refractivity contribution in [3.63, 3.8) is 0 Å². The van der Waals surface area contributed by atoms with Crippen LogP contribution in [0.1, 0.15) is 28.4 Å². The average Bonchev–Trinajstić information content (AvgIpc) is 2.64. The van der Waals surface area contributed by atoms with Crippen LogP contribution in [0.25, 0.3) is 6.08 Å². The number of methoxy groups -OCH3 is 1. The van der Waals surface area contributed by atoms with E-state index in [4.69, 9.17) is 14.6 Å². The maximum absolute atomic E-state index is 12.3. The van der Waals surface area contributed by atoms with Crippen molar-refractivity contribution in [3.8, 4) is 11.5 Å². The van der Waals surface area contributed by atoms with Crippen LogP contribution >= 0.6 is 0 Å². The van der Waals surface area contributed by atoms with Gasteiger partial charge in [0.15, 0.2) is 23.9 Å². The zero-order valence-electron chi connectivity index (χ0n) is 14.2. The van der Waals surface area contributed by atoms with E-state index in [2.05, 4.69) is 6.92 Å². The molecule has 5 heteroatoms. The smallest absolute Gasteiger partial charge is 0.341 e. The number of carbonyl (C=O) groups excluding carboxylic acids is 1. The van der Waals surface area contributed by atoms with E-state index < -0.39 is 12.6 Å². The lowest BCUT2D eigenvalue weighted by Gasteiger charge is -2.09. The molecule has 5 nitrogen and oxygen atoms in total. The lowest BCUT2D eigenvalue weighted by Crippen LogP contribution is -2.10. The van der Waals surface area contributed by atoms with Gasteiger partial charge in [0.1, 0.15) is 0 Å². The van der Waals surface area contributed by atoms with Gasteiger partial charge in [-0.25, -0.2) is 4.79 Å². The van der Waals surface area contributed by atoms with Crippen molar-refractivity contribution in [2.24, 2.45) is 0 Å². The minimum absolute atomic E-state index is 0.178. The molecule has 0 aliphatic heterocycles. The van der Waals surface area contributed by atoms with Crippen LogP contribution in [0.2, 0.25) is 0 Å². The minimum Gasteiger partial charge on any atom is -0.493 e.